The normalized spacial score (nSPS) is 14.9. The first-order valence-electron chi connectivity index (χ1n) is 10.6. The number of H-pyrrole nitrogens is 1. The molecule has 32 heavy (non-hydrogen) atoms. The van der Waals surface area contributed by atoms with E-state index in [4.69, 9.17) is 28.6 Å². The smallest absolute Gasteiger partial charge is 0.240 e. The lowest BCUT2D eigenvalue weighted by atomic mass is 10.1. The largest absolute Gasteiger partial charge is 0.497 e. The fourth-order valence-corrected chi connectivity index (χ4v) is 4.46. The molecule has 1 fully saturated rings. The monoisotopic (exact) mass is 471 g/mol. The summed E-state index contributed by atoms with van der Waals surface area (Å²) in [6.07, 6.45) is 2.33. The van der Waals surface area contributed by atoms with Crippen molar-refractivity contribution < 1.29 is 9.53 Å². The third kappa shape index (κ3) is 5.20. The van der Waals surface area contributed by atoms with Crippen LogP contribution in [0.5, 0.6) is 5.75 Å². The highest BCUT2D eigenvalue weighted by Gasteiger charge is 2.24. The molecule has 3 aromatic rings. The number of likely N-dealkylation sites (tertiary alicyclic amines) is 1. The molecule has 0 radical (unpaired) electrons. The highest BCUT2D eigenvalue weighted by molar-refractivity contribution is 7.71. The first kappa shape index (κ1) is 22.5. The first-order valence-corrected chi connectivity index (χ1v) is 11.4. The molecule has 1 amide bonds. The second kappa shape index (κ2) is 10.3. The summed E-state index contributed by atoms with van der Waals surface area (Å²) in [7, 11) is 1.62. The maximum absolute atomic E-state index is 12.9. The van der Waals surface area contributed by atoms with Gasteiger partial charge in [-0.3, -0.25) is 19.4 Å². The van der Waals surface area contributed by atoms with Gasteiger partial charge in [0.25, 0.3) is 0 Å². The van der Waals surface area contributed by atoms with Crippen LogP contribution in [0.4, 0.5) is 0 Å². The zero-order valence-electron chi connectivity index (χ0n) is 17.9. The number of amides is 1. The van der Waals surface area contributed by atoms with E-state index in [9.17, 15) is 4.79 Å². The molecule has 1 aliphatic rings. The van der Waals surface area contributed by atoms with Crippen molar-refractivity contribution in [3.8, 4) is 17.1 Å². The molecular weight excluding hydrogens is 446 g/mol. The molecule has 1 aliphatic heterocycles. The Morgan fingerprint density at radius 1 is 1.25 bits per heavy atom. The number of nitrogens with zero attached hydrogens (tertiary/aromatic N) is 3. The van der Waals surface area contributed by atoms with Crippen molar-refractivity contribution >= 4 is 29.7 Å². The number of aromatic nitrogens is 3. The Morgan fingerprint density at radius 3 is 2.69 bits per heavy atom. The number of rotatable bonds is 8. The van der Waals surface area contributed by atoms with Gasteiger partial charge in [0.05, 0.1) is 13.2 Å². The highest BCUT2D eigenvalue weighted by Crippen LogP contribution is 2.26. The second-order valence-corrected chi connectivity index (χ2v) is 8.61. The number of benzene rings is 2. The predicted molar refractivity (Wildman–Crippen MR) is 127 cm³/mol. The quantitative estimate of drug-likeness (QED) is 0.481. The van der Waals surface area contributed by atoms with Crippen molar-refractivity contribution in [1.29, 1.82) is 0 Å². The van der Waals surface area contributed by atoms with Gasteiger partial charge in [-0.1, -0.05) is 23.7 Å². The Kier molecular flexibility index (Phi) is 7.24. The van der Waals surface area contributed by atoms with E-state index in [1.807, 2.05) is 42.5 Å². The number of carbonyl (C=O) groups excluding carboxylic acids is 1. The molecule has 2 heterocycles. The van der Waals surface area contributed by atoms with Crippen LogP contribution >= 0.6 is 23.8 Å². The van der Waals surface area contributed by atoms with Crippen LogP contribution in [-0.2, 0) is 11.3 Å². The summed E-state index contributed by atoms with van der Waals surface area (Å²) in [6.45, 7) is 2.62. The second-order valence-electron chi connectivity index (χ2n) is 7.78. The molecule has 7 nitrogen and oxygen atoms in total. The first-order chi connectivity index (χ1) is 15.5. The maximum Gasteiger partial charge on any atom is 0.240 e. The lowest BCUT2D eigenvalue weighted by Crippen LogP contribution is -2.38. The molecule has 1 saturated heterocycles. The predicted octanol–water partition coefficient (Wildman–Crippen LogP) is 4.22. The number of hydrogen-bond acceptors (Lipinski definition) is 5. The van der Waals surface area contributed by atoms with Gasteiger partial charge < -0.3 is 10.1 Å². The Labute approximate surface area is 197 Å². The van der Waals surface area contributed by atoms with Gasteiger partial charge in [0.2, 0.25) is 5.91 Å². The summed E-state index contributed by atoms with van der Waals surface area (Å²) in [5.41, 5.74) is 1.96. The summed E-state index contributed by atoms with van der Waals surface area (Å²) in [4.78, 5) is 15.3. The van der Waals surface area contributed by atoms with Gasteiger partial charge in [-0.2, -0.15) is 5.10 Å². The van der Waals surface area contributed by atoms with Gasteiger partial charge in [-0.15, -0.1) is 0 Å². The highest BCUT2D eigenvalue weighted by atomic mass is 35.5. The fraction of sp³-hybridized carbons (Fsp3) is 0.348. The molecule has 168 valence electrons. The molecule has 1 aromatic heterocycles. The van der Waals surface area contributed by atoms with E-state index in [0.717, 1.165) is 30.0 Å². The topological polar surface area (TPSA) is 75.2 Å². The zero-order valence-corrected chi connectivity index (χ0v) is 19.5. The van der Waals surface area contributed by atoms with Gasteiger partial charge in [0.1, 0.15) is 12.3 Å². The summed E-state index contributed by atoms with van der Waals surface area (Å²) >= 11 is 11.6. The molecule has 4 rings (SSSR count). The summed E-state index contributed by atoms with van der Waals surface area (Å²) in [5.74, 6) is 1.24. The SMILES string of the molecule is COc1ccc(-c2n[nH]c(=S)n2CC(=O)NCC(c2cccc(Cl)c2)N2CCCC2)cc1. The number of hydrogen-bond donors (Lipinski definition) is 2. The van der Waals surface area contributed by atoms with Crippen molar-refractivity contribution in [1.82, 2.24) is 25.0 Å². The molecule has 1 unspecified atom stereocenters. The van der Waals surface area contributed by atoms with E-state index in [-0.39, 0.29) is 18.5 Å². The molecule has 0 saturated carbocycles. The van der Waals surface area contributed by atoms with Crippen molar-refractivity contribution in [2.45, 2.75) is 25.4 Å². The van der Waals surface area contributed by atoms with Crippen LogP contribution in [-0.4, -0.2) is 52.3 Å². The lowest BCUT2D eigenvalue weighted by Gasteiger charge is -2.28. The Hall–Kier alpha value is -2.68. The van der Waals surface area contributed by atoms with E-state index in [2.05, 4.69) is 26.5 Å². The summed E-state index contributed by atoms with van der Waals surface area (Å²) in [5, 5.41) is 10.9. The number of nitrogens with one attached hydrogen (secondary N) is 2. The minimum Gasteiger partial charge on any atom is -0.497 e. The van der Waals surface area contributed by atoms with Gasteiger partial charge in [-0.05, 0) is 80.1 Å². The molecule has 0 spiro atoms. The minimum absolute atomic E-state index is 0.0820. The van der Waals surface area contributed by atoms with Crippen LogP contribution < -0.4 is 10.1 Å². The summed E-state index contributed by atoms with van der Waals surface area (Å²) < 4.78 is 7.32. The van der Waals surface area contributed by atoms with Gasteiger partial charge in [0.15, 0.2) is 10.6 Å². The molecule has 1 atom stereocenters. The van der Waals surface area contributed by atoms with Crippen LogP contribution in [0.15, 0.2) is 48.5 Å². The van der Waals surface area contributed by atoms with Crippen LogP contribution in [0.25, 0.3) is 11.4 Å². The van der Waals surface area contributed by atoms with Gasteiger partial charge in [0, 0.05) is 17.1 Å². The van der Waals surface area contributed by atoms with Gasteiger partial charge >= 0.3 is 0 Å². The van der Waals surface area contributed by atoms with E-state index >= 15 is 0 Å². The van der Waals surface area contributed by atoms with Crippen LogP contribution in [0.1, 0.15) is 24.4 Å². The Morgan fingerprint density at radius 2 is 2.00 bits per heavy atom. The maximum atomic E-state index is 12.9. The minimum atomic E-state index is -0.122. The standard InChI is InChI=1S/C23H26ClN5O2S/c1-31-19-9-7-16(8-10-19)22-26-27-23(32)29(22)15-21(30)25-14-20(28-11-2-3-12-28)17-5-4-6-18(24)13-17/h4-10,13,20H,2-3,11-12,14-15H2,1H3,(H,25,30)(H,27,32). The van der Waals surface area contributed by atoms with E-state index in [1.165, 1.54) is 12.8 Å². The lowest BCUT2D eigenvalue weighted by molar-refractivity contribution is -0.121. The van der Waals surface area contributed by atoms with Crippen LogP contribution in [0.3, 0.4) is 0 Å². The van der Waals surface area contributed by atoms with Gasteiger partial charge in [-0.25, -0.2) is 0 Å². The van der Waals surface area contributed by atoms with E-state index in [0.29, 0.717) is 22.2 Å². The molecule has 9 heteroatoms. The average molecular weight is 472 g/mol. The van der Waals surface area contributed by atoms with Crippen LogP contribution in [0.2, 0.25) is 5.02 Å². The molecule has 0 aliphatic carbocycles. The molecular formula is C23H26ClN5O2S. The van der Waals surface area contributed by atoms with Crippen molar-refractivity contribution in [3.05, 3.63) is 63.9 Å². The number of ether oxygens (including phenoxy) is 1. The third-order valence-corrected chi connectivity index (χ3v) is 6.26. The van der Waals surface area contributed by atoms with E-state index < -0.39 is 0 Å². The van der Waals surface area contributed by atoms with Crippen molar-refractivity contribution in [2.75, 3.05) is 26.7 Å². The van der Waals surface area contributed by atoms with E-state index in [1.54, 1.807) is 11.7 Å². The Bertz CT molecular complexity index is 1120. The molecule has 0 bridgehead atoms. The summed E-state index contributed by atoms with van der Waals surface area (Å²) in [6, 6.07) is 15.4. The zero-order chi connectivity index (χ0) is 22.5. The average Bonchev–Trinajstić information content (AvgIpc) is 3.45. The number of aromatic amines is 1. The molecule has 2 N–H and O–H groups in total. The third-order valence-electron chi connectivity index (χ3n) is 5.72. The molecule has 2 aromatic carbocycles. The fourth-order valence-electron chi connectivity index (χ4n) is 4.06. The number of halogens is 1. The number of carbonyl (C=O) groups is 1. The Balaban J connectivity index is 1.47. The van der Waals surface area contributed by atoms with Crippen LogP contribution in [0, 0.1) is 4.77 Å². The van der Waals surface area contributed by atoms with Crippen molar-refractivity contribution in [2.24, 2.45) is 0 Å². The number of methoxy groups -OCH3 is 1. The van der Waals surface area contributed by atoms with Crippen molar-refractivity contribution in [3.63, 3.8) is 0 Å².